The van der Waals surface area contributed by atoms with Gasteiger partial charge in [0.15, 0.2) is 0 Å². The first-order chi connectivity index (χ1) is 7.06. The van der Waals surface area contributed by atoms with Gasteiger partial charge in [-0.1, -0.05) is 58.4 Å². The molecule has 0 bridgehead atoms. The van der Waals surface area contributed by atoms with Gasteiger partial charge in [-0.05, 0) is 31.6 Å². The quantitative estimate of drug-likeness (QED) is 0.435. The molecule has 0 aromatic carbocycles. The van der Waals surface area contributed by atoms with Crippen LogP contribution in [-0.4, -0.2) is 0 Å². The summed E-state index contributed by atoms with van der Waals surface area (Å²) >= 11 is 0. The van der Waals surface area contributed by atoms with Crippen LogP contribution in [0.15, 0.2) is 12.2 Å². The van der Waals surface area contributed by atoms with Crippen LogP contribution in [0.1, 0.15) is 72.6 Å². The highest BCUT2D eigenvalue weighted by Crippen LogP contribution is 2.19. The van der Waals surface area contributed by atoms with Gasteiger partial charge in [0.2, 0.25) is 0 Å². The standard InChI is InChI=1S/C15H30/c1-6-14(4)10-8-12-15(5)11-7-9-13(2)3/h14-15H,2,6-12H2,1,3-5H3. The maximum atomic E-state index is 3.95. The Kier molecular flexibility index (Phi) is 8.85. The maximum Gasteiger partial charge on any atom is -0.0326 e. The summed E-state index contributed by atoms with van der Waals surface area (Å²) in [6.45, 7) is 13.1. The van der Waals surface area contributed by atoms with Gasteiger partial charge < -0.3 is 0 Å². The van der Waals surface area contributed by atoms with E-state index in [0.717, 1.165) is 11.8 Å². The van der Waals surface area contributed by atoms with Gasteiger partial charge in [0, 0.05) is 0 Å². The topological polar surface area (TPSA) is 0 Å². The SMILES string of the molecule is C=C(C)CCCC(C)CCCC(C)CC. The zero-order valence-electron chi connectivity index (χ0n) is 11.3. The average molecular weight is 210 g/mol. The molecule has 0 heterocycles. The van der Waals surface area contributed by atoms with Gasteiger partial charge in [-0.25, -0.2) is 0 Å². The zero-order chi connectivity index (χ0) is 11.7. The van der Waals surface area contributed by atoms with Crippen molar-refractivity contribution in [3.63, 3.8) is 0 Å². The van der Waals surface area contributed by atoms with Gasteiger partial charge in [-0.2, -0.15) is 0 Å². The Balaban J connectivity index is 3.33. The highest BCUT2D eigenvalue weighted by Gasteiger charge is 2.04. The number of hydrogen-bond acceptors (Lipinski definition) is 0. The summed E-state index contributed by atoms with van der Waals surface area (Å²) in [6, 6.07) is 0. The molecule has 0 nitrogen and oxygen atoms in total. The third-order valence-electron chi connectivity index (χ3n) is 3.39. The van der Waals surface area contributed by atoms with Crippen molar-refractivity contribution in [2.45, 2.75) is 72.6 Å². The van der Waals surface area contributed by atoms with Crippen LogP contribution in [0.2, 0.25) is 0 Å². The molecule has 15 heavy (non-hydrogen) atoms. The second-order valence-corrected chi connectivity index (χ2v) is 5.40. The molecule has 0 fully saturated rings. The van der Waals surface area contributed by atoms with Gasteiger partial charge in [-0.15, -0.1) is 6.58 Å². The predicted octanol–water partition coefficient (Wildman–Crippen LogP) is 5.59. The second kappa shape index (κ2) is 9.00. The van der Waals surface area contributed by atoms with Crippen molar-refractivity contribution in [1.82, 2.24) is 0 Å². The minimum absolute atomic E-state index is 0.911. The summed E-state index contributed by atoms with van der Waals surface area (Å²) in [7, 11) is 0. The molecule has 0 aromatic heterocycles. The zero-order valence-corrected chi connectivity index (χ0v) is 11.3. The lowest BCUT2D eigenvalue weighted by atomic mass is 9.93. The van der Waals surface area contributed by atoms with Crippen molar-refractivity contribution in [2.75, 3.05) is 0 Å². The van der Waals surface area contributed by atoms with E-state index in [4.69, 9.17) is 0 Å². The lowest BCUT2D eigenvalue weighted by Gasteiger charge is -2.13. The molecule has 2 atom stereocenters. The van der Waals surface area contributed by atoms with E-state index in [1.165, 1.54) is 50.5 Å². The van der Waals surface area contributed by atoms with E-state index in [1.54, 1.807) is 0 Å². The minimum atomic E-state index is 0.911. The van der Waals surface area contributed by atoms with Crippen LogP contribution >= 0.6 is 0 Å². The summed E-state index contributed by atoms with van der Waals surface area (Å²) in [5.41, 5.74) is 1.34. The van der Waals surface area contributed by atoms with Crippen LogP contribution in [0.4, 0.5) is 0 Å². The summed E-state index contributed by atoms with van der Waals surface area (Å²) in [4.78, 5) is 0. The molecule has 0 heteroatoms. The Bertz CT molecular complexity index is 157. The fourth-order valence-corrected chi connectivity index (χ4v) is 1.92. The van der Waals surface area contributed by atoms with Gasteiger partial charge >= 0.3 is 0 Å². The van der Waals surface area contributed by atoms with E-state index in [2.05, 4.69) is 34.3 Å². The van der Waals surface area contributed by atoms with Crippen molar-refractivity contribution < 1.29 is 0 Å². The Morgan fingerprint density at radius 3 is 2.07 bits per heavy atom. The van der Waals surface area contributed by atoms with Gasteiger partial charge in [0.05, 0.1) is 0 Å². The van der Waals surface area contributed by atoms with Crippen molar-refractivity contribution in [1.29, 1.82) is 0 Å². The Hall–Kier alpha value is -0.260. The van der Waals surface area contributed by atoms with E-state index in [9.17, 15) is 0 Å². The van der Waals surface area contributed by atoms with Gasteiger partial charge in [0.1, 0.15) is 0 Å². The van der Waals surface area contributed by atoms with Gasteiger partial charge in [0.25, 0.3) is 0 Å². The van der Waals surface area contributed by atoms with Crippen LogP contribution in [0.5, 0.6) is 0 Å². The number of hydrogen-bond donors (Lipinski definition) is 0. The fourth-order valence-electron chi connectivity index (χ4n) is 1.92. The largest absolute Gasteiger partial charge is 0.100 e. The lowest BCUT2D eigenvalue weighted by Crippen LogP contribution is -1.98. The van der Waals surface area contributed by atoms with Crippen LogP contribution in [-0.2, 0) is 0 Å². The van der Waals surface area contributed by atoms with Crippen molar-refractivity contribution >= 4 is 0 Å². The highest BCUT2D eigenvalue weighted by molar-refractivity contribution is 4.87. The highest BCUT2D eigenvalue weighted by atomic mass is 14.1. The molecule has 0 rings (SSSR count). The summed E-state index contributed by atoms with van der Waals surface area (Å²) < 4.78 is 0. The van der Waals surface area contributed by atoms with E-state index in [1.807, 2.05) is 0 Å². The number of allylic oxidation sites excluding steroid dienone is 1. The minimum Gasteiger partial charge on any atom is -0.100 e. The molecule has 0 amide bonds. The van der Waals surface area contributed by atoms with Crippen molar-refractivity contribution in [3.05, 3.63) is 12.2 Å². The van der Waals surface area contributed by atoms with Crippen LogP contribution in [0.3, 0.4) is 0 Å². The van der Waals surface area contributed by atoms with E-state index in [-0.39, 0.29) is 0 Å². The van der Waals surface area contributed by atoms with Crippen LogP contribution in [0, 0.1) is 11.8 Å². The summed E-state index contributed by atoms with van der Waals surface area (Å²) in [6.07, 6.45) is 9.53. The molecule has 0 aromatic rings. The first kappa shape index (κ1) is 14.7. The normalized spacial score (nSPS) is 14.9. The molecule has 0 aliphatic heterocycles. The monoisotopic (exact) mass is 210 g/mol. The molecule has 90 valence electrons. The molecular weight excluding hydrogens is 180 g/mol. The molecule has 0 N–H and O–H groups in total. The molecule has 2 unspecified atom stereocenters. The molecule has 0 aliphatic rings. The maximum absolute atomic E-state index is 3.95. The summed E-state index contributed by atoms with van der Waals surface area (Å²) in [5, 5.41) is 0. The molecular formula is C15H30. The first-order valence-electron chi connectivity index (χ1n) is 6.70. The van der Waals surface area contributed by atoms with E-state index in [0.29, 0.717) is 0 Å². The average Bonchev–Trinajstić information content (AvgIpc) is 2.17. The molecule has 0 spiro atoms. The smallest absolute Gasteiger partial charge is 0.0326 e. The van der Waals surface area contributed by atoms with E-state index < -0.39 is 0 Å². The summed E-state index contributed by atoms with van der Waals surface area (Å²) in [5.74, 6) is 1.83. The van der Waals surface area contributed by atoms with Gasteiger partial charge in [-0.3, -0.25) is 0 Å². The van der Waals surface area contributed by atoms with Crippen LogP contribution < -0.4 is 0 Å². The second-order valence-electron chi connectivity index (χ2n) is 5.40. The van der Waals surface area contributed by atoms with Crippen molar-refractivity contribution in [3.8, 4) is 0 Å². The Morgan fingerprint density at radius 1 is 1.00 bits per heavy atom. The van der Waals surface area contributed by atoms with E-state index >= 15 is 0 Å². The van der Waals surface area contributed by atoms with Crippen molar-refractivity contribution in [2.24, 2.45) is 11.8 Å². The lowest BCUT2D eigenvalue weighted by molar-refractivity contribution is 0.412. The fraction of sp³-hybridized carbons (Fsp3) is 0.867. The van der Waals surface area contributed by atoms with Crippen LogP contribution in [0.25, 0.3) is 0 Å². The first-order valence-corrected chi connectivity index (χ1v) is 6.70. The molecule has 0 saturated heterocycles. The molecule has 0 radical (unpaired) electrons. The molecule has 0 saturated carbocycles. The Labute approximate surface area is 97.2 Å². The third kappa shape index (κ3) is 10.0. The predicted molar refractivity (Wildman–Crippen MR) is 71.1 cm³/mol. The third-order valence-corrected chi connectivity index (χ3v) is 3.39. The Morgan fingerprint density at radius 2 is 1.53 bits per heavy atom. The number of rotatable bonds is 9. The molecule has 0 aliphatic carbocycles.